The maximum atomic E-state index is 12.2. The molecule has 1 aromatic carbocycles. The van der Waals surface area contributed by atoms with E-state index in [9.17, 15) is 14.4 Å². The van der Waals surface area contributed by atoms with Crippen LogP contribution in [0.1, 0.15) is 18.4 Å². The van der Waals surface area contributed by atoms with Crippen LogP contribution in [0.5, 0.6) is 0 Å². The minimum Gasteiger partial charge on any atom is -0.274 e. The molecule has 0 aliphatic carbocycles. The molecule has 6 nitrogen and oxygen atoms in total. The molecule has 0 aromatic heterocycles. The Morgan fingerprint density at radius 2 is 1.70 bits per heavy atom. The second-order valence-electron chi connectivity index (χ2n) is 4.38. The Labute approximate surface area is 116 Å². The van der Waals surface area contributed by atoms with Gasteiger partial charge in [-0.2, -0.15) is 5.26 Å². The predicted octanol–water partition coefficient (Wildman–Crippen LogP) is 1.28. The van der Waals surface area contributed by atoms with Crippen molar-refractivity contribution < 1.29 is 14.4 Å². The monoisotopic (exact) mass is 271 g/mol. The summed E-state index contributed by atoms with van der Waals surface area (Å²) in [6.07, 6.45) is -0.269. The Balaban J connectivity index is 2.15. The highest BCUT2D eigenvalue weighted by atomic mass is 16.2. The molecule has 20 heavy (non-hydrogen) atoms. The number of hydrogen-bond donors (Lipinski definition) is 0. The fourth-order valence-corrected chi connectivity index (χ4v) is 1.98. The molecule has 0 unspecified atom stereocenters. The molecule has 4 amide bonds. The highest BCUT2D eigenvalue weighted by molar-refractivity contribution is 6.14. The molecule has 1 saturated heterocycles. The third-order valence-corrected chi connectivity index (χ3v) is 3.00. The number of carbonyl (C=O) groups excluding carboxylic acids is 3. The third-order valence-electron chi connectivity index (χ3n) is 3.00. The van der Waals surface area contributed by atoms with Gasteiger partial charge in [-0.05, 0) is 5.56 Å². The Morgan fingerprint density at radius 1 is 1.05 bits per heavy atom. The van der Waals surface area contributed by atoms with Crippen molar-refractivity contribution in [3.63, 3.8) is 0 Å². The summed E-state index contributed by atoms with van der Waals surface area (Å²) in [5, 5.41) is 8.54. The summed E-state index contributed by atoms with van der Waals surface area (Å²) >= 11 is 0. The quantitative estimate of drug-likeness (QED) is 0.772. The van der Waals surface area contributed by atoms with Crippen molar-refractivity contribution in [1.29, 1.82) is 5.26 Å². The minimum atomic E-state index is -0.648. The first-order valence-electron chi connectivity index (χ1n) is 6.19. The molecule has 1 aromatic rings. The maximum absolute atomic E-state index is 12.2. The van der Waals surface area contributed by atoms with Crippen LogP contribution < -0.4 is 0 Å². The number of barbiturate groups is 1. The highest BCUT2D eigenvalue weighted by Gasteiger charge is 2.37. The van der Waals surface area contributed by atoms with Gasteiger partial charge in [0.25, 0.3) is 0 Å². The summed E-state index contributed by atoms with van der Waals surface area (Å²) in [5.41, 5.74) is 0.809. The molecule has 0 saturated carbocycles. The molecular formula is C14H13N3O3. The molecule has 1 aliphatic heterocycles. The smallest absolute Gasteiger partial charge is 0.274 e. The first-order valence-corrected chi connectivity index (χ1v) is 6.19. The number of nitrogens with zero attached hydrogens (tertiary/aromatic N) is 3. The number of nitriles is 1. The molecule has 0 spiro atoms. The van der Waals surface area contributed by atoms with Crippen molar-refractivity contribution in [3.05, 3.63) is 35.9 Å². The minimum absolute atomic E-state index is 0.0206. The van der Waals surface area contributed by atoms with Crippen LogP contribution in [0.3, 0.4) is 0 Å². The van der Waals surface area contributed by atoms with E-state index in [0.29, 0.717) is 0 Å². The van der Waals surface area contributed by atoms with Crippen LogP contribution in [0.25, 0.3) is 0 Å². The average Bonchev–Trinajstić information content (AvgIpc) is 2.44. The van der Waals surface area contributed by atoms with Crippen LogP contribution in [-0.2, 0) is 16.1 Å². The summed E-state index contributed by atoms with van der Waals surface area (Å²) in [6.45, 7) is 0.154. The second-order valence-corrected chi connectivity index (χ2v) is 4.38. The van der Waals surface area contributed by atoms with Crippen LogP contribution >= 0.6 is 0 Å². The fourth-order valence-electron chi connectivity index (χ4n) is 1.98. The van der Waals surface area contributed by atoms with E-state index in [4.69, 9.17) is 5.26 Å². The van der Waals surface area contributed by atoms with E-state index in [-0.39, 0.29) is 25.9 Å². The molecule has 1 heterocycles. The molecule has 1 fully saturated rings. The molecule has 1 aliphatic rings. The number of urea groups is 1. The predicted molar refractivity (Wildman–Crippen MR) is 68.9 cm³/mol. The van der Waals surface area contributed by atoms with Crippen LogP contribution in [0.15, 0.2) is 30.3 Å². The third kappa shape index (κ3) is 2.83. The summed E-state index contributed by atoms with van der Waals surface area (Å²) in [5.74, 6) is -1.04. The number of benzene rings is 1. The van der Waals surface area contributed by atoms with Gasteiger partial charge in [-0.15, -0.1) is 0 Å². The van der Waals surface area contributed by atoms with Crippen LogP contribution in [0, 0.1) is 11.3 Å². The van der Waals surface area contributed by atoms with Gasteiger partial charge in [0, 0.05) is 6.54 Å². The van der Waals surface area contributed by atoms with Gasteiger partial charge in [0.1, 0.15) is 6.42 Å². The standard InChI is InChI=1S/C14H13N3O3/c15-7-4-8-16-12(18)9-13(19)17(14(16)20)10-11-5-2-1-3-6-11/h1-3,5-6H,4,8-10H2. The Bertz CT molecular complexity index is 577. The van der Waals surface area contributed by atoms with E-state index < -0.39 is 17.8 Å². The van der Waals surface area contributed by atoms with Crippen molar-refractivity contribution >= 4 is 17.8 Å². The normalized spacial score (nSPS) is 15.4. The van der Waals surface area contributed by atoms with E-state index in [2.05, 4.69) is 0 Å². The molecule has 2 rings (SSSR count). The Morgan fingerprint density at radius 3 is 2.35 bits per heavy atom. The van der Waals surface area contributed by atoms with E-state index in [1.54, 1.807) is 12.1 Å². The Hall–Kier alpha value is -2.68. The van der Waals surface area contributed by atoms with Gasteiger partial charge in [0.2, 0.25) is 11.8 Å². The first-order chi connectivity index (χ1) is 9.63. The van der Waals surface area contributed by atoms with Gasteiger partial charge in [-0.1, -0.05) is 30.3 Å². The van der Waals surface area contributed by atoms with Crippen molar-refractivity contribution in [2.75, 3.05) is 6.54 Å². The molecule has 6 heteroatoms. The topological polar surface area (TPSA) is 81.5 Å². The lowest BCUT2D eigenvalue weighted by atomic mass is 10.2. The largest absolute Gasteiger partial charge is 0.333 e. The van der Waals surface area contributed by atoms with Gasteiger partial charge in [0.15, 0.2) is 0 Å². The SMILES string of the molecule is N#CCCN1C(=O)CC(=O)N(Cc2ccccc2)C1=O. The van der Waals surface area contributed by atoms with E-state index in [1.807, 2.05) is 24.3 Å². The summed E-state index contributed by atoms with van der Waals surface area (Å²) in [6, 6.07) is 10.3. The molecule has 102 valence electrons. The van der Waals surface area contributed by atoms with Gasteiger partial charge in [0.05, 0.1) is 19.0 Å². The average molecular weight is 271 g/mol. The number of rotatable bonds is 4. The molecule has 0 radical (unpaired) electrons. The van der Waals surface area contributed by atoms with Crippen molar-refractivity contribution in [3.8, 4) is 6.07 Å². The number of hydrogen-bond acceptors (Lipinski definition) is 4. The van der Waals surface area contributed by atoms with Crippen molar-refractivity contribution in [2.24, 2.45) is 0 Å². The molecular weight excluding hydrogens is 258 g/mol. The lowest BCUT2D eigenvalue weighted by Gasteiger charge is -2.32. The molecule has 0 N–H and O–H groups in total. The van der Waals surface area contributed by atoms with E-state index >= 15 is 0 Å². The summed E-state index contributed by atoms with van der Waals surface area (Å²) in [4.78, 5) is 37.7. The lowest BCUT2D eigenvalue weighted by Crippen LogP contribution is -2.54. The van der Waals surface area contributed by atoms with Crippen LogP contribution in [0.2, 0.25) is 0 Å². The second kappa shape index (κ2) is 5.97. The van der Waals surface area contributed by atoms with E-state index in [1.165, 1.54) is 0 Å². The maximum Gasteiger partial charge on any atom is 0.333 e. The summed E-state index contributed by atoms with van der Waals surface area (Å²) in [7, 11) is 0. The van der Waals surface area contributed by atoms with Crippen LogP contribution in [0.4, 0.5) is 4.79 Å². The van der Waals surface area contributed by atoms with Crippen molar-refractivity contribution in [2.45, 2.75) is 19.4 Å². The van der Waals surface area contributed by atoms with E-state index in [0.717, 1.165) is 15.4 Å². The Kier molecular flexibility index (Phi) is 4.11. The zero-order valence-corrected chi connectivity index (χ0v) is 10.8. The lowest BCUT2D eigenvalue weighted by molar-refractivity contribution is -0.142. The molecule has 0 atom stereocenters. The zero-order valence-electron chi connectivity index (χ0n) is 10.8. The highest BCUT2D eigenvalue weighted by Crippen LogP contribution is 2.16. The van der Waals surface area contributed by atoms with Gasteiger partial charge in [-0.3, -0.25) is 19.4 Å². The van der Waals surface area contributed by atoms with Crippen molar-refractivity contribution in [1.82, 2.24) is 9.80 Å². The fraction of sp³-hybridized carbons (Fsp3) is 0.286. The summed E-state index contributed by atoms with van der Waals surface area (Å²) < 4.78 is 0. The van der Waals surface area contributed by atoms with Crippen LogP contribution in [-0.4, -0.2) is 34.2 Å². The van der Waals surface area contributed by atoms with Gasteiger partial charge >= 0.3 is 6.03 Å². The van der Waals surface area contributed by atoms with Gasteiger partial charge in [-0.25, -0.2) is 4.79 Å². The number of imide groups is 2. The van der Waals surface area contributed by atoms with Gasteiger partial charge < -0.3 is 0 Å². The number of carbonyl (C=O) groups is 3. The molecule has 0 bridgehead atoms. The number of amides is 4. The first kappa shape index (κ1) is 13.7. The zero-order chi connectivity index (χ0) is 14.5.